The second-order valence-corrected chi connectivity index (χ2v) is 9.79. The fourth-order valence-electron chi connectivity index (χ4n) is 4.99. The van der Waals surface area contributed by atoms with Crippen molar-refractivity contribution in [2.24, 2.45) is 11.0 Å². The van der Waals surface area contributed by atoms with E-state index in [1.807, 2.05) is 41.4 Å². The Morgan fingerprint density at radius 1 is 1.09 bits per heavy atom. The number of nitrogens with zero attached hydrogens (tertiary/aromatic N) is 4. The van der Waals surface area contributed by atoms with Crippen LogP contribution < -0.4 is 9.47 Å². The molecule has 3 aliphatic heterocycles. The van der Waals surface area contributed by atoms with Crippen LogP contribution in [0.2, 0.25) is 0 Å². The average molecular weight is 479 g/mol. The number of rotatable bonds is 9. The van der Waals surface area contributed by atoms with Crippen LogP contribution >= 0.6 is 0 Å². The molecular weight excluding hydrogens is 448 g/mol. The predicted octanol–water partition coefficient (Wildman–Crippen LogP) is 2.20. The molecule has 1 N–H and O–H groups in total. The fraction of sp³-hybridized carbons (Fsp3) is 0.462. The molecule has 2 saturated heterocycles. The van der Waals surface area contributed by atoms with E-state index >= 15 is 0 Å². The Labute approximate surface area is 204 Å². The van der Waals surface area contributed by atoms with Gasteiger partial charge < -0.3 is 19.3 Å². The Morgan fingerprint density at radius 3 is 2.40 bits per heavy atom. The molecule has 0 radical (unpaired) electrons. The molecule has 0 aromatic heterocycles. The van der Waals surface area contributed by atoms with E-state index in [2.05, 4.69) is 22.1 Å². The maximum absolute atomic E-state index is 11.7. The summed E-state index contributed by atoms with van der Waals surface area (Å²) >= 11 is 0. The van der Waals surface area contributed by atoms with Gasteiger partial charge in [0, 0.05) is 38.2 Å². The number of hydrogen-bond donors (Lipinski definition) is 1. The second kappa shape index (κ2) is 8.82. The number of β-amino-alcohol motifs (C(OH)–C–C–N with tert-alkyl or cyclic N) is 1. The zero-order valence-electron chi connectivity index (χ0n) is 19.7. The highest BCUT2D eigenvalue weighted by Crippen LogP contribution is 2.44. The number of hydrazine groups is 1. The van der Waals surface area contributed by atoms with Crippen LogP contribution in [0.4, 0.5) is 0 Å². The van der Waals surface area contributed by atoms with Gasteiger partial charge in [0.05, 0.1) is 12.7 Å². The average Bonchev–Trinajstić information content (AvgIpc) is 3.63. The SMILES string of the molecule is COc1ccc(C2=NN(N3CCC3Oc3ccc(CN4CC(O)(C5CC5)C4)cc3)C(C=O)O2)cc1. The van der Waals surface area contributed by atoms with Gasteiger partial charge in [0.1, 0.15) is 11.5 Å². The summed E-state index contributed by atoms with van der Waals surface area (Å²) in [6.07, 6.45) is 2.84. The van der Waals surface area contributed by atoms with Crippen LogP contribution in [0.3, 0.4) is 0 Å². The van der Waals surface area contributed by atoms with Gasteiger partial charge in [-0.2, -0.15) is 10.1 Å². The van der Waals surface area contributed by atoms with E-state index in [1.54, 1.807) is 12.2 Å². The third-order valence-electron chi connectivity index (χ3n) is 7.24. The summed E-state index contributed by atoms with van der Waals surface area (Å²) in [6.45, 7) is 3.08. The van der Waals surface area contributed by atoms with Gasteiger partial charge in [0.15, 0.2) is 12.5 Å². The Kier molecular flexibility index (Phi) is 5.63. The van der Waals surface area contributed by atoms with Gasteiger partial charge in [-0.1, -0.05) is 12.1 Å². The highest BCUT2D eigenvalue weighted by molar-refractivity contribution is 5.95. The zero-order valence-corrected chi connectivity index (χ0v) is 19.7. The zero-order chi connectivity index (χ0) is 24.0. The molecule has 2 atom stereocenters. The van der Waals surface area contributed by atoms with Gasteiger partial charge in [0.2, 0.25) is 5.90 Å². The van der Waals surface area contributed by atoms with E-state index in [1.165, 1.54) is 18.4 Å². The van der Waals surface area contributed by atoms with Crippen LogP contribution in [0.1, 0.15) is 30.4 Å². The first-order valence-corrected chi connectivity index (χ1v) is 12.2. The lowest BCUT2D eigenvalue weighted by Gasteiger charge is -2.47. The van der Waals surface area contributed by atoms with Crippen LogP contribution in [0.15, 0.2) is 53.6 Å². The lowest BCUT2D eigenvalue weighted by Crippen LogP contribution is -2.62. The van der Waals surface area contributed by atoms with Gasteiger partial charge in [0.25, 0.3) is 6.23 Å². The van der Waals surface area contributed by atoms with Gasteiger partial charge in [-0.3, -0.25) is 9.69 Å². The predicted molar refractivity (Wildman–Crippen MR) is 127 cm³/mol. The third kappa shape index (κ3) is 4.35. The van der Waals surface area contributed by atoms with Crippen molar-refractivity contribution in [3.05, 3.63) is 59.7 Å². The van der Waals surface area contributed by atoms with Crippen molar-refractivity contribution in [2.75, 3.05) is 26.7 Å². The molecule has 2 aromatic rings. The topological polar surface area (TPSA) is 87.1 Å². The van der Waals surface area contributed by atoms with Crippen molar-refractivity contribution < 1.29 is 24.1 Å². The molecule has 1 aliphatic carbocycles. The number of likely N-dealkylation sites (tertiary alicyclic amines) is 1. The van der Waals surface area contributed by atoms with E-state index in [4.69, 9.17) is 14.2 Å². The normalized spacial score (nSPS) is 25.8. The molecule has 9 nitrogen and oxygen atoms in total. The van der Waals surface area contributed by atoms with E-state index < -0.39 is 11.8 Å². The molecule has 35 heavy (non-hydrogen) atoms. The molecule has 6 rings (SSSR count). The molecule has 184 valence electrons. The summed E-state index contributed by atoms with van der Waals surface area (Å²) in [5.41, 5.74) is 1.51. The number of hydrogen-bond acceptors (Lipinski definition) is 9. The third-order valence-corrected chi connectivity index (χ3v) is 7.24. The summed E-state index contributed by atoms with van der Waals surface area (Å²) in [5.74, 6) is 2.41. The quantitative estimate of drug-likeness (QED) is 0.549. The Balaban J connectivity index is 1.06. The number of aldehydes is 1. The summed E-state index contributed by atoms with van der Waals surface area (Å²) in [6, 6.07) is 15.4. The van der Waals surface area contributed by atoms with E-state index in [9.17, 15) is 9.90 Å². The van der Waals surface area contributed by atoms with Gasteiger partial charge in [-0.15, -0.1) is 5.10 Å². The minimum Gasteiger partial charge on any atom is -0.497 e. The van der Waals surface area contributed by atoms with Crippen molar-refractivity contribution in [1.29, 1.82) is 0 Å². The molecular formula is C26H30N4O5. The Hall–Kier alpha value is -3.14. The maximum atomic E-state index is 11.7. The van der Waals surface area contributed by atoms with Gasteiger partial charge >= 0.3 is 0 Å². The molecule has 2 unspecified atom stereocenters. The summed E-state index contributed by atoms with van der Waals surface area (Å²) in [7, 11) is 1.61. The van der Waals surface area contributed by atoms with Crippen LogP contribution in [0.5, 0.6) is 11.5 Å². The molecule has 2 aromatic carbocycles. The molecule has 3 heterocycles. The number of methoxy groups -OCH3 is 1. The maximum Gasteiger partial charge on any atom is 0.260 e. The Bertz CT molecular complexity index is 1100. The number of benzene rings is 2. The van der Waals surface area contributed by atoms with Crippen LogP contribution in [0.25, 0.3) is 0 Å². The van der Waals surface area contributed by atoms with Crippen molar-refractivity contribution in [3.63, 3.8) is 0 Å². The lowest BCUT2D eigenvalue weighted by atomic mass is 9.88. The molecule has 1 saturated carbocycles. The monoisotopic (exact) mass is 478 g/mol. The Morgan fingerprint density at radius 2 is 1.80 bits per heavy atom. The smallest absolute Gasteiger partial charge is 0.260 e. The lowest BCUT2D eigenvalue weighted by molar-refractivity contribution is -0.218. The minimum absolute atomic E-state index is 0.227. The summed E-state index contributed by atoms with van der Waals surface area (Å²) in [4.78, 5) is 14.0. The van der Waals surface area contributed by atoms with Gasteiger partial charge in [-0.05, 0) is 60.7 Å². The van der Waals surface area contributed by atoms with E-state index in [-0.39, 0.29) is 6.23 Å². The van der Waals surface area contributed by atoms with E-state index in [0.29, 0.717) is 18.4 Å². The first-order valence-electron chi connectivity index (χ1n) is 12.2. The van der Waals surface area contributed by atoms with Crippen molar-refractivity contribution >= 4 is 12.2 Å². The number of ether oxygens (including phenoxy) is 3. The number of aliphatic hydroxyl groups is 1. The number of carbonyl (C=O) groups excluding carboxylic acids is 1. The largest absolute Gasteiger partial charge is 0.497 e. The molecule has 0 amide bonds. The van der Waals surface area contributed by atoms with Crippen molar-refractivity contribution in [3.8, 4) is 11.5 Å². The molecule has 0 bridgehead atoms. The number of carbonyl (C=O) groups is 1. The molecule has 0 spiro atoms. The first kappa shape index (κ1) is 22.3. The van der Waals surface area contributed by atoms with Crippen molar-refractivity contribution in [1.82, 2.24) is 15.0 Å². The first-order chi connectivity index (χ1) is 17.0. The van der Waals surface area contributed by atoms with Crippen LogP contribution in [-0.2, 0) is 16.1 Å². The fourth-order valence-corrected chi connectivity index (χ4v) is 4.99. The minimum atomic E-state index is -0.827. The summed E-state index contributed by atoms with van der Waals surface area (Å²) < 4.78 is 17.2. The van der Waals surface area contributed by atoms with Crippen LogP contribution in [0, 0.1) is 5.92 Å². The molecule has 3 fully saturated rings. The highest BCUT2D eigenvalue weighted by atomic mass is 16.6. The van der Waals surface area contributed by atoms with Crippen molar-refractivity contribution in [2.45, 2.75) is 43.9 Å². The van der Waals surface area contributed by atoms with E-state index in [0.717, 1.165) is 49.4 Å². The number of hydrazone groups is 1. The molecule has 9 heteroatoms. The van der Waals surface area contributed by atoms with Gasteiger partial charge in [-0.25, -0.2) is 0 Å². The second-order valence-electron chi connectivity index (χ2n) is 9.79. The molecule has 4 aliphatic rings. The standard InChI is InChI=1S/C26H30N4O5/c1-33-21-10-4-19(5-11-21)25-27-30(24(15-31)35-25)29-13-12-23(29)34-22-8-2-18(3-9-22)14-28-16-26(32,17-28)20-6-7-20/h2-5,8-11,15,20,23-24,32H,6-7,12-14,16-17H2,1H3. The highest BCUT2D eigenvalue weighted by Gasteiger charge is 2.51. The summed E-state index contributed by atoms with van der Waals surface area (Å²) in [5, 5.41) is 18.5. The van der Waals surface area contributed by atoms with Crippen LogP contribution in [-0.4, -0.2) is 77.1 Å².